The second-order valence-corrected chi connectivity index (χ2v) is 4.44. The Morgan fingerprint density at radius 3 is 2.79 bits per heavy atom. The molecule has 0 saturated heterocycles. The number of rotatable bonds is 4. The lowest BCUT2D eigenvalue weighted by molar-refractivity contribution is 0.625. The first kappa shape index (κ1) is 11.1. The molecule has 1 rings (SSSR count). The van der Waals surface area contributed by atoms with Crippen LogP contribution in [0, 0.1) is 5.82 Å². The molecule has 0 aliphatic heterocycles. The molecule has 0 aliphatic carbocycles. The molecule has 0 heterocycles. The molecule has 0 unspecified atom stereocenters. The van der Waals surface area contributed by atoms with Gasteiger partial charge in [-0.2, -0.15) is 0 Å². The molecule has 0 saturated carbocycles. The number of nitrogens with two attached hydrogens (primary N) is 1. The SMILES string of the molecule is C=C(C)CCSc1cc(N)cc(F)c1. The van der Waals surface area contributed by atoms with Gasteiger partial charge < -0.3 is 5.73 Å². The summed E-state index contributed by atoms with van der Waals surface area (Å²) in [7, 11) is 0. The van der Waals surface area contributed by atoms with E-state index < -0.39 is 0 Å². The zero-order chi connectivity index (χ0) is 10.6. The van der Waals surface area contributed by atoms with Gasteiger partial charge in [0.25, 0.3) is 0 Å². The van der Waals surface area contributed by atoms with Crippen molar-refractivity contribution in [3.05, 3.63) is 36.2 Å². The van der Waals surface area contributed by atoms with Crippen LogP contribution in [0.5, 0.6) is 0 Å². The summed E-state index contributed by atoms with van der Waals surface area (Å²) in [5, 5.41) is 0. The quantitative estimate of drug-likeness (QED) is 0.469. The fraction of sp³-hybridized carbons (Fsp3) is 0.273. The average Bonchev–Trinajstić information content (AvgIpc) is 2.01. The molecular formula is C11H14FNS. The molecule has 1 aromatic rings. The van der Waals surface area contributed by atoms with Crippen molar-refractivity contribution in [1.29, 1.82) is 0 Å². The predicted molar refractivity (Wildman–Crippen MR) is 61.0 cm³/mol. The van der Waals surface area contributed by atoms with E-state index in [-0.39, 0.29) is 5.82 Å². The molecule has 1 nitrogen and oxygen atoms in total. The topological polar surface area (TPSA) is 26.0 Å². The Balaban J connectivity index is 2.54. The largest absolute Gasteiger partial charge is 0.399 e. The summed E-state index contributed by atoms with van der Waals surface area (Å²) in [5.41, 5.74) is 7.14. The molecule has 0 aliphatic rings. The first-order chi connectivity index (χ1) is 6.58. The second-order valence-electron chi connectivity index (χ2n) is 3.28. The molecule has 0 fully saturated rings. The highest BCUT2D eigenvalue weighted by Gasteiger charge is 1.99. The number of nitrogen functional groups attached to an aromatic ring is 1. The van der Waals surface area contributed by atoms with Gasteiger partial charge in [-0.05, 0) is 31.5 Å². The van der Waals surface area contributed by atoms with Gasteiger partial charge in [0.05, 0.1) is 0 Å². The van der Waals surface area contributed by atoms with Crippen LogP contribution in [0.4, 0.5) is 10.1 Å². The molecular weight excluding hydrogens is 197 g/mol. The molecule has 0 atom stereocenters. The predicted octanol–water partition coefficient (Wildman–Crippen LogP) is 3.47. The third-order valence-electron chi connectivity index (χ3n) is 1.69. The molecule has 14 heavy (non-hydrogen) atoms. The zero-order valence-corrected chi connectivity index (χ0v) is 9.03. The zero-order valence-electron chi connectivity index (χ0n) is 8.22. The number of thioether (sulfide) groups is 1. The summed E-state index contributed by atoms with van der Waals surface area (Å²) in [6.45, 7) is 5.80. The van der Waals surface area contributed by atoms with E-state index in [1.807, 2.05) is 6.92 Å². The van der Waals surface area contributed by atoms with E-state index in [0.29, 0.717) is 5.69 Å². The first-order valence-corrected chi connectivity index (χ1v) is 5.40. The number of anilines is 1. The molecule has 0 radical (unpaired) electrons. The number of halogens is 1. The Kier molecular flexibility index (Phi) is 4.01. The van der Waals surface area contributed by atoms with Crippen LogP contribution >= 0.6 is 11.8 Å². The minimum atomic E-state index is -0.275. The Morgan fingerprint density at radius 2 is 2.21 bits per heavy atom. The highest BCUT2D eigenvalue weighted by Crippen LogP contribution is 2.23. The maximum atomic E-state index is 12.9. The minimum Gasteiger partial charge on any atom is -0.399 e. The van der Waals surface area contributed by atoms with Crippen LogP contribution in [-0.2, 0) is 0 Å². The fourth-order valence-corrected chi connectivity index (χ4v) is 2.11. The normalized spacial score (nSPS) is 10.1. The molecule has 0 spiro atoms. The van der Waals surface area contributed by atoms with Gasteiger partial charge in [0.1, 0.15) is 5.82 Å². The van der Waals surface area contributed by atoms with Crippen LogP contribution in [0.2, 0.25) is 0 Å². The summed E-state index contributed by atoms with van der Waals surface area (Å²) in [6.07, 6.45) is 0.946. The maximum Gasteiger partial charge on any atom is 0.126 e. The van der Waals surface area contributed by atoms with Crippen molar-refractivity contribution >= 4 is 17.4 Å². The summed E-state index contributed by atoms with van der Waals surface area (Å²) in [4.78, 5) is 0.878. The molecule has 0 aromatic heterocycles. The summed E-state index contributed by atoms with van der Waals surface area (Å²) in [5.74, 6) is 0.640. The van der Waals surface area contributed by atoms with Crippen molar-refractivity contribution in [1.82, 2.24) is 0 Å². The van der Waals surface area contributed by atoms with E-state index in [1.54, 1.807) is 17.8 Å². The summed E-state index contributed by atoms with van der Waals surface area (Å²) >= 11 is 1.60. The second kappa shape index (κ2) is 5.05. The fourth-order valence-electron chi connectivity index (χ4n) is 1.01. The van der Waals surface area contributed by atoms with Gasteiger partial charge in [0.2, 0.25) is 0 Å². The molecule has 3 heteroatoms. The lowest BCUT2D eigenvalue weighted by atomic mass is 10.3. The van der Waals surface area contributed by atoms with Crippen LogP contribution in [0.25, 0.3) is 0 Å². The first-order valence-electron chi connectivity index (χ1n) is 4.41. The van der Waals surface area contributed by atoms with Gasteiger partial charge >= 0.3 is 0 Å². The number of hydrogen-bond donors (Lipinski definition) is 1. The van der Waals surface area contributed by atoms with E-state index in [0.717, 1.165) is 22.6 Å². The maximum absolute atomic E-state index is 12.9. The minimum absolute atomic E-state index is 0.275. The monoisotopic (exact) mass is 211 g/mol. The van der Waals surface area contributed by atoms with Crippen molar-refractivity contribution in [2.24, 2.45) is 0 Å². The van der Waals surface area contributed by atoms with Crippen molar-refractivity contribution in [2.75, 3.05) is 11.5 Å². The molecule has 1 aromatic carbocycles. The van der Waals surface area contributed by atoms with E-state index in [4.69, 9.17) is 5.73 Å². The number of allylic oxidation sites excluding steroid dienone is 1. The van der Waals surface area contributed by atoms with Gasteiger partial charge in [0.15, 0.2) is 0 Å². The third kappa shape index (κ3) is 3.83. The van der Waals surface area contributed by atoms with Crippen LogP contribution < -0.4 is 5.73 Å². The van der Waals surface area contributed by atoms with Gasteiger partial charge in [0, 0.05) is 16.3 Å². The van der Waals surface area contributed by atoms with Gasteiger partial charge in [-0.15, -0.1) is 18.3 Å². The third-order valence-corrected chi connectivity index (χ3v) is 2.67. The molecule has 0 bridgehead atoms. The van der Waals surface area contributed by atoms with Crippen LogP contribution in [0.15, 0.2) is 35.2 Å². The van der Waals surface area contributed by atoms with Gasteiger partial charge in [-0.25, -0.2) is 4.39 Å². The van der Waals surface area contributed by atoms with Crippen molar-refractivity contribution in [3.63, 3.8) is 0 Å². The Labute approximate surface area is 88.2 Å². The standard InChI is InChI=1S/C11H14FNS/c1-8(2)3-4-14-11-6-9(12)5-10(13)7-11/h5-7H,1,3-4,13H2,2H3. The van der Waals surface area contributed by atoms with E-state index >= 15 is 0 Å². The Hall–Kier alpha value is -0.960. The van der Waals surface area contributed by atoms with Crippen molar-refractivity contribution in [3.8, 4) is 0 Å². The number of hydrogen-bond acceptors (Lipinski definition) is 2. The van der Waals surface area contributed by atoms with Crippen LogP contribution in [-0.4, -0.2) is 5.75 Å². The van der Waals surface area contributed by atoms with Crippen molar-refractivity contribution < 1.29 is 4.39 Å². The highest BCUT2D eigenvalue weighted by atomic mass is 32.2. The lowest BCUT2D eigenvalue weighted by Crippen LogP contribution is -1.88. The van der Waals surface area contributed by atoms with Crippen molar-refractivity contribution in [2.45, 2.75) is 18.2 Å². The van der Waals surface area contributed by atoms with Crippen LogP contribution in [0.1, 0.15) is 13.3 Å². The highest BCUT2D eigenvalue weighted by molar-refractivity contribution is 7.99. The van der Waals surface area contributed by atoms with E-state index in [1.165, 1.54) is 12.1 Å². The summed E-state index contributed by atoms with van der Waals surface area (Å²) in [6, 6.07) is 4.61. The van der Waals surface area contributed by atoms with Gasteiger partial charge in [-0.1, -0.05) is 5.57 Å². The molecule has 76 valence electrons. The molecule has 0 amide bonds. The van der Waals surface area contributed by atoms with Crippen LogP contribution in [0.3, 0.4) is 0 Å². The van der Waals surface area contributed by atoms with E-state index in [9.17, 15) is 4.39 Å². The lowest BCUT2D eigenvalue weighted by Gasteiger charge is -2.03. The van der Waals surface area contributed by atoms with E-state index in [2.05, 4.69) is 6.58 Å². The number of benzene rings is 1. The Morgan fingerprint density at radius 1 is 1.50 bits per heavy atom. The smallest absolute Gasteiger partial charge is 0.126 e. The van der Waals surface area contributed by atoms with Gasteiger partial charge in [-0.3, -0.25) is 0 Å². The average molecular weight is 211 g/mol. The Bertz CT molecular complexity index is 316. The molecule has 2 N–H and O–H groups in total. The summed E-state index contributed by atoms with van der Waals surface area (Å²) < 4.78 is 12.9.